The van der Waals surface area contributed by atoms with E-state index in [1.807, 2.05) is 18.2 Å². The fraction of sp³-hybridized carbons (Fsp3) is 0.385. The molecule has 2 N–H and O–H groups in total. The van der Waals surface area contributed by atoms with Crippen LogP contribution in [-0.4, -0.2) is 20.7 Å². The second kappa shape index (κ2) is 6.44. The zero-order valence-electron chi connectivity index (χ0n) is 10.8. The molecule has 1 atom stereocenters. The van der Waals surface area contributed by atoms with E-state index in [0.29, 0.717) is 11.7 Å². The summed E-state index contributed by atoms with van der Waals surface area (Å²) in [7, 11) is -3.21. The summed E-state index contributed by atoms with van der Waals surface area (Å²) in [6, 6.07) is 7.56. The van der Waals surface area contributed by atoms with Crippen LogP contribution in [0.1, 0.15) is 19.8 Å². The van der Waals surface area contributed by atoms with Gasteiger partial charge in [0.25, 0.3) is 0 Å². The summed E-state index contributed by atoms with van der Waals surface area (Å²) < 4.78 is 24.5. The first-order valence-corrected chi connectivity index (χ1v) is 7.75. The molecule has 5 heteroatoms. The average Bonchev–Trinajstić information content (AvgIpc) is 2.27. The number of hydrogen-bond donors (Lipinski definition) is 2. The molecule has 0 heterocycles. The van der Waals surface area contributed by atoms with E-state index in [0.717, 1.165) is 24.8 Å². The van der Waals surface area contributed by atoms with Crippen LogP contribution in [-0.2, 0) is 10.0 Å². The molecule has 1 aromatic carbocycles. The molecule has 0 saturated heterocycles. The van der Waals surface area contributed by atoms with Crippen molar-refractivity contribution in [1.82, 2.24) is 0 Å². The quantitative estimate of drug-likeness (QED) is 0.748. The SMILES string of the molecule is C=CCC[C@H](C)Nc1ccc(NS(C)(=O)=O)cc1. The summed E-state index contributed by atoms with van der Waals surface area (Å²) in [6.45, 7) is 5.80. The smallest absolute Gasteiger partial charge is 0.229 e. The molecule has 100 valence electrons. The van der Waals surface area contributed by atoms with E-state index in [4.69, 9.17) is 0 Å². The molecule has 0 aliphatic heterocycles. The zero-order chi connectivity index (χ0) is 13.6. The van der Waals surface area contributed by atoms with Crippen molar-refractivity contribution in [3.05, 3.63) is 36.9 Å². The van der Waals surface area contributed by atoms with Crippen LogP contribution in [0.4, 0.5) is 11.4 Å². The van der Waals surface area contributed by atoms with Crippen molar-refractivity contribution in [3.8, 4) is 0 Å². The minimum absolute atomic E-state index is 0.358. The molecule has 0 aliphatic rings. The van der Waals surface area contributed by atoms with Crippen molar-refractivity contribution in [3.63, 3.8) is 0 Å². The second-order valence-electron chi connectivity index (χ2n) is 4.36. The van der Waals surface area contributed by atoms with Crippen LogP contribution in [0, 0.1) is 0 Å². The molecule has 0 amide bonds. The van der Waals surface area contributed by atoms with Gasteiger partial charge >= 0.3 is 0 Å². The van der Waals surface area contributed by atoms with E-state index in [-0.39, 0.29) is 0 Å². The van der Waals surface area contributed by atoms with Gasteiger partial charge in [-0.1, -0.05) is 6.08 Å². The fourth-order valence-electron chi connectivity index (χ4n) is 1.57. The summed E-state index contributed by atoms with van der Waals surface area (Å²) in [6.07, 6.45) is 5.03. The molecule has 0 saturated carbocycles. The molecule has 18 heavy (non-hydrogen) atoms. The van der Waals surface area contributed by atoms with Crippen molar-refractivity contribution in [2.24, 2.45) is 0 Å². The minimum Gasteiger partial charge on any atom is -0.383 e. The maximum Gasteiger partial charge on any atom is 0.229 e. The number of hydrogen-bond acceptors (Lipinski definition) is 3. The van der Waals surface area contributed by atoms with Gasteiger partial charge in [0, 0.05) is 17.4 Å². The molecular formula is C13H20N2O2S. The van der Waals surface area contributed by atoms with Crippen LogP contribution >= 0.6 is 0 Å². The number of benzene rings is 1. The van der Waals surface area contributed by atoms with Crippen molar-refractivity contribution in [1.29, 1.82) is 0 Å². The van der Waals surface area contributed by atoms with Crippen LogP contribution < -0.4 is 10.0 Å². The first-order chi connectivity index (χ1) is 8.40. The summed E-state index contributed by atoms with van der Waals surface area (Å²) >= 11 is 0. The van der Waals surface area contributed by atoms with Gasteiger partial charge in [-0.25, -0.2) is 8.42 Å². The normalized spacial score (nSPS) is 12.8. The van der Waals surface area contributed by atoms with Crippen LogP contribution in [0.15, 0.2) is 36.9 Å². The van der Waals surface area contributed by atoms with E-state index in [1.54, 1.807) is 12.1 Å². The topological polar surface area (TPSA) is 58.2 Å². The first kappa shape index (κ1) is 14.6. The average molecular weight is 268 g/mol. The molecule has 0 aliphatic carbocycles. The molecular weight excluding hydrogens is 248 g/mol. The maximum atomic E-state index is 11.0. The van der Waals surface area contributed by atoms with Crippen molar-refractivity contribution >= 4 is 21.4 Å². The lowest BCUT2D eigenvalue weighted by molar-refractivity contribution is 0.607. The predicted molar refractivity (Wildman–Crippen MR) is 77.4 cm³/mol. The number of nitrogens with one attached hydrogen (secondary N) is 2. The number of anilines is 2. The third kappa shape index (κ3) is 5.72. The maximum absolute atomic E-state index is 11.0. The third-order valence-corrected chi connectivity index (χ3v) is 3.01. The Labute approximate surface area is 109 Å². The van der Waals surface area contributed by atoms with Gasteiger partial charge in [0.05, 0.1) is 6.26 Å². The molecule has 1 rings (SSSR count). The summed E-state index contributed by atoms with van der Waals surface area (Å²) in [4.78, 5) is 0. The Morgan fingerprint density at radius 1 is 1.28 bits per heavy atom. The van der Waals surface area contributed by atoms with Crippen molar-refractivity contribution in [2.45, 2.75) is 25.8 Å². The molecule has 1 aromatic rings. The monoisotopic (exact) mass is 268 g/mol. The minimum atomic E-state index is -3.21. The second-order valence-corrected chi connectivity index (χ2v) is 6.11. The largest absolute Gasteiger partial charge is 0.383 e. The predicted octanol–water partition coefficient (Wildman–Crippen LogP) is 2.82. The van der Waals surface area contributed by atoms with Gasteiger partial charge in [0.15, 0.2) is 0 Å². The fourth-order valence-corrected chi connectivity index (χ4v) is 2.14. The van der Waals surface area contributed by atoms with Gasteiger partial charge < -0.3 is 5.32 Å². The first-order valence-electron chi connectivity index (χ1n) is 5.86. The lowest BCUT2D eigenvalue weighted by Crippen LogP contribution is -2.14. The lowest BCUT2D eigenvalue weighted by Gasteiger charge is -2.14. The van der Waals surface area contributed by atoms with Gasteiger partial charge in [-0.3, -0.25) is 4.72 Å². The van der Waals surface area contributed by atoms with Crippen LogP contribution in [0.3, 0.4) is 0 Å². The van der Waals surface area contributed by atoms with Crippen molar-refractivity contribution in [2.75, 3.05) is 16.3 Å². The Balaban J connectivity index is 2.57. The van der Waals surface area contributed by atoms with E-state index in [9.17, 15) is 8.42 Å². The number of rotatable bonds is 7. The van der Waals surface area contributed by atoms with Gasteiger partial charge in [-0.15, -0.1) is 6.58 Å². The Morgan fingerprint density at radius 3 is 2.33 bits per heavy atom. The summed E-state index contributed by atoms with van der Waals surface area (Å²) in [5, 5.41) is 3.34. The highest BCUT2D eigenvalue weighted by molar-refractivity contribution is 7.92. The van der Waals surface area contributed by atoms with Crippen molar-refractivity contribution < 1.29 is 8.42 Å². The number of allylic oxidation sites excluding steroid dienone is 1. The third-order valence-electron chi connectivity index (χ3n) is 2.41. The van der Waals surface area contributed by atoms with Gasteiger partial charge in [0.2, 0.25) is 10.0 Å². The van der Waals surface area contributed by atoms with Gasteiger partial charge in [0.1, 0.15) is 0 Å². The summed E-state index contributed by atoms with van der Waals surface area (Å²) in [5.41, 5.74) is 1.55. The highest BCUT2D eigenvalue weighted by atomic mass is 32.2. The lowest BCUT2D eigenvalue weighted by atomic mass is 10.1. The van der Waals surface area contributed by atoms with Crippen LogP contribution in [0.2, 0.25) is 0 Å². The Morgan fingerprint density at radius 2 is 1.83 bits per heavy atom. The summed E-state index contributed by atoms with van der Waals surface area (Å²) in [5.74, 6) is 0. The Bertz CT molecular complexity index is 480. The molecule has 0 radical (unpaired) electrons. The van der Waals surface area contributed by atoms with Crippen LogP contribution in [0.25, 0.3) is 0 Å². The van der Waals surface area contributed by atoms with E-state index in [1.165, 1.54) is 0 Å². The standard InChI is InChI=1S/C13H20N2O2S/c1-4-5-6-11(2)14-12-7-9-13(10-8-12)15-18(3,16)17/h4,7-11,14-15H,1,5-6H2,2-3H3/t11-/m0/s1. The highest BCUT2D eigenvalue weighted by Gasteiger charge is 2.03. The van der Waals surface area contributed by atoms with E-state index >= 15 is 0 Å². The Hall–Kier alpha value is -1.49. The Kier molecular flexibility index (Phi) is 5.22. The molecule has 0 bridgehead atoms. The molecule has 0 aromatic heterocycles. The van der Waals surface area contributed by atoms with Gasteiger partial charge in [-0.05, 0) is 44.0 Å². The van der Waals surface area contributed by atoms with E-state index in [2.05, 4.69) is 23.5 Å². The highest BCUT2D eigenvalue weighted by Crippen LogP contribution is 2.16. The van der Waals surface area contributed by atoms with Gasteiger partial charge in [-0.2, -0.15) is 0 Å². The zero-order valence-corrected chi connectivity index (χ0v) is 11.6. The van der Waals surface area contributed by atoms with E-state index < -0.39 is 10.0 Å². The molecule has 4 nitrogen and oxygen atoms in total. The molecule has 0 fully saturated rings. The molecule has 0 spiro atoms. The van der Waals surface area contributed by atoms with Crippen LogP contribution in [0.5, 0.6) is 0 Å². The number of sulfonamides is 1. The molecule has 0 unspecified atom stereocenters.